The van der Waals surface area contributed by atoms with E-state index in [0.29, 0.717) is 41.0 Å². The first-order chi connectivity index (χ1) is 22.4. The van der Waals surface area contributed by atoms with E-state index in [4.69, 9.17) is 4.65 Å². The van der Waals surface area contributed by atoms with Gasteiger partial charge in [-0.2, -0.15) is 26.3 Å². The van der Waals surface area contributed by atoms with Gasteiger partial charge in [-0.05, 0) is 110 Å². The molecular formula is C34H36BF6NO6. The Bertz CT molecular complexity index is 1610. The SMILES string of the molecule is CCC/C(=C\c1cc(C)c(O)c(C)c1)CC[C@H]1OB(O)C[C@H]2C1=C(CO)C[C@H]1C(=O)N(c3cc(C(F)(F)F)cc(C(F)(F)F)c3)C(=O)[C@H]12. The Morgan fingerprint density at radius 3 is 2.10 bits per heavy atom. The maximum Gasteiger partial charge on any atom is 0.455 e. The van der Waals surface area contributed by atoms with Crippen molar-refractivity contribution in [3.05, 3.63) is 74.9 Å². The number of aliphatic hydroxyl groups is 1. The van der Waals surface area contributed by atoms with Gasteiger partial charge in [0.05, 0.1) is 41.4 Å². The van der Waals surface area contributed by atoms with E-state index in [1.165, 1.54) is 0 Å². The quantitative estimate of drug-likeness (QED) is 0.120. The van der Waals surface area contributed by atoms with Gasteiger partial charge in [-0.15, -0.1) is 0 Å². The van der Waals surface area contributed by atoms with Gasteiger partial charge in [0, 0.05) is 0 Å². The third kappa shape index (κ3) is 6.93. The van der Waals surface area contributed by atoms with Gasteiger partial charge in [-0.3, -0.25) is 9.59 Å². The van der Waals surface area contributed by atoms with Crippen molar-refractivity contribution in [1.82, 2.24) is 0 Å². The van der Waals surface area contributed by atoms with Gasteiger partial charge in [0.1, 0.15) is 5.75 Å². The van der Waals surface area contributed by atoms with E-state index in [-0.39, 0.29) is 24.6 Å². The maximum atomic E-state index is 13.9. The van der Waals surface area contributed by atoms with Crippen LogP contribution in [-0.2, 0) is 26.6 Å². The van der Waals surface area contributed by atoms with Gasteiger partial charge in [0.2, 0.25) is 11.8 Å². The summed E-state index contributed by atoms with van der Waals surface area (Å²) in [4.78, 5) is 27.9. The summed E-state index contributed by atoms with van der Waals surface area (Å²) in [6.45, 7) is 5.10. The molecule has 2 amide bonds. The molecule has 7 nitrogen and oxygen atoms in total. The molecule has 0 radical (unpaired) electrons. The van der Waals surface area contributed by atoms with Gasteiger partial charge in [0.25, 0.3) is 0 Å². The average molecular weight is 679 g/mol. The molecule has 14 heteroatoms. The molecule has 2 aromatic rings. The summed E-state index contributed by atoms with van der Waals surface area (Å²) in [7, 11) is -1.37. The van der Waals surface area contributed by atoms with E-state index in [2.05, 4.69) is 0 Å². The van der Waals surface area contributed by atoms with Gasteiger partial charge < -0.3 is 19.9 Å². The second kappa shape index (κ2) is 13.4. The zero-order chi connectivity index (χ0) is 35.3. The largest absolute Gasteiger partial charge is 0.507 e. The zero-order valence-corrected chi connectivity index (χ0v) is 26.6. The lowest BCUT2D eigenvalue weighted by Crippen LogP contribution is -2.46. The Hall–Kier alpha value is -3.62. The van der Waals surface area contributed by atoms with Crippen LogP contribution in [0.5, 0.6) is 5.75 Å². The minimum atomic E-state index is -5.18. The number of aliphatic hydroxyl groups excluding tert-OH is 1. The van der Waals surface area contributed by atoms with Crippen LogP contribution in [0.15, 0.2) is 47.1 Å². The number of aromatic hydroxyl groups is 1. The molecule has 0 unspecified atom stereocenters. The van der Waals surface area contributed by atoms with Crippen molar-refractivity contribution in [2.75, 3.05) is 11.5 Å². The maximum absolute atomic E-state index is 13.9. The summed E-state index contributed by atoms with van der Waals surface area (Å²) in [5.74, 6) is -4.88. The molecule has 1 aliphatic carbocycles. The van der Waals surface area contributed by atoms with Crippen LogP contribution in [0.3, 0.4) is 0 Å². The van der Waals surface area contributed by atoms with Crippen LogP contribution in [0.1, 0.15) is 66.8 Å². The summed E-state index contributed by atoms with van der Waals surface area (Å²) < 4.78 is 87.7. The smallest absolute Gasteiger partial charge is 0.455 e. The summed E-state index contributed by atoms with van der Waals surface area (Å²) >= 11 is 0. The molecule has 4 atom stereocenters. The van der Waals surface area contributed by atoms with Gasteiger partial charge in [-0.1, -0.05) is 25.0 Å². The molecule has 5 rings (SSSR count). The van der Waals surface area contributed by atoms with E-state index in [9.17, 15) is 51.2 Å². The van der Waals surface area contributed by atoms with Crippen molar-refractivity contribution in [3.63, 3.8) is 0 Å². The summed E-state index contributed by atoms with van der Waals surface area (Å²) in [5, 5.41) is 31.3. The summed E-state index contributed by atoms with van der Waals surface area (Å²) in [5.41, 5.74) is 0.141. The number of carbonyl (C=O) groups is 2. The number of allylic oxidation sites excluding steroid dienone is 1. The number of phenols is 1. The summed E-state index contributed by atoms with van der Waals surface area (Å²) in [6, 6.07) is 4.35. The molecule has 2 fully saturated rings. The number of hydrogen-bond donors (Lipinski definition) is 3. The van der Waals surface area contributed by atoms with E-state index in [0.717, 1.165) is 35.1 Å². The van der Waals surface area contributed by atoms with Crippen molar-refractivity contribution in [2.45, 2.75) is 77.7 Å². The number of nitrogens with zero attached hydrogens (tertiary/aromatic N) is 1. The fourth-order valence-electron chi connectivity index (χ4n) is 7.45. The van der Waals surface area contributed by atoms with Gasteiger partial charge in [-0.25, -0.2) is 4.90 Å². The van der Waals surface area contributed by atoms with Crippen LogP contribution in [0, 0.1) is 31.6 Å². The third-order valence-electron chi connectivity index (χ3n) is 9.51. The van der Waals surface area contributed by atoms with E-state index in [1.54, 1.807) is 13.8 Å². The van der Waals surface area contributed by atoms with Crippen LogP contribution >= 0.6 is 0 Å². The number of hydrogen-bond acceptors (Lipinski definition) is 6. The normalized spacial score (nSPS) is 23.6. The second-order valence-corrected chi connectivity index (χ2v) is 12.8. The lowest BCUT2D eigenvalue weighted by Gasteiger charge is -2.43. The van der Waals surface area contributed by atoms with Crippen molar-refractivity contribution in [1.29, 1.82) is 0 Å². The number of rotatable bonds is 8. The minimum absolute atomic E-state index is 0.0736. The van der Waals surface area contributed by atoms with Crippen LogP contribution in [0.2, 0.25) is 6.32 Å². The average Bonchev–Trinajstić information content (AvgIpc) is 3.25. The molecule has 48 heavy (non-hydrogen) atoms. The number of fused-ring (bicyclic) bond motifs is 3. The predicted octanol–water partition coefficient (Wildman–Crippen LogP) is 7.00. The van der Waals surface area contributed by atoms with Crippen molar-refractivity contribution in [3.8, 4) is 5.75 Å². The Morgan fingerprint density at radius 1 is 0.958 bits per heavy atom. The monoisotopic (exact) mass is 679 g/mol. The molecule has 0 aromatic heterocycles. The minimum Gasteiger partial charge on any atom is -0.507 e. The summed E-state index contributed by atoms with van der Waals surface area (Å²) in [6.07, 6.45) is -7.03. The molecule has 0 saturated carbocycles. The van der Waals surface area contributed by atoms with E-state index < -0.39 is 78.6 Å². The number of anilines is 1. The highest BCUT2D eigenvalue weighted by atomic mass is 19.4. The highest BCUT2D eigenvalue weighted by molar-refractivity contribution is 6.43. The first-order valence-corrected chi connectivity index (χ1v) is 15.8. The molecule has 2 heterocycles. The molecule has 3 N–H and O–H groups in total. The lowest BCUT2D eigenvalue weighted by atomic mass is 9.58. The Balaban J connectivity index is 1.47. The molecule has 3 aliphatic rings. The van der Waals surface area contributed by atoms with Crippen molar-refractivity contribution in [2.24, 2.45) is 17.8 Å². The fourth-order valence-corrected chi connectivity index (χ4v) is 7.45. The zero-order valence-electron chi connectivity index (χ0n) is 26.6. The van der Waals surface area contributed by atoms with Gasteiger partial charge in [0.15, 0.2) is 0 Å². The number of aryl methyl sites for hydroxylation is 2. The molecule has 0 spiro atoms. The predicted molar refractivity (Wildman–Crippen MR) is 165 cm³/mol. The Kier molecular flexibility index (Phi) is 9.93. The number of alkyl halides is 6. The fraction of sp³-hybridized carbons (Fsp3) is 0.471. The molecule has 0 bridgehead atoms. The lowest BCUT2D eigenvalue weighted by molar-refractivity contribution is -0.143. The molecule has 2 aliphatic heterocycles. The van der Waals surface area contributed by atoms with Crippen LogP contribution in [-0.4, -0.2) is 46.9 Å². The van der Waals surface area contributed by atoms with Gasteiger partial charge >= 0.3 is 19.5 Å². The first-order valence-electron chi connectivity index (χ1n) is 15.8. The highest BCUT2D eigenvalue weighted by Crippen LogP contribution is 2.52. The molecule has 2 aromatic carbocycles. The van der Waals surface area contributed by atoms with Crippen molar-refractivity contribution < 1.29 is 55.8 Å². The molecule has 2 saturated heterocycles. The van der Waals surface area contributed by atoms with E-state index >= 15 is 0 Å². The third-order valence-corrected chi connectivity index (χ3v) is 9.51. The molecule has 258 valence electrons. The standard InChI is InChI=1S/C34H36BF6NO6/c1-4-5-19(10-20-8-17(2)30(44)18(3)9-20)6-7-27-28-21(16-43)11-25-29(26(28)15-35(47)48-27)32(46)42(31(25)45)24-13-22(33(36,37)38)12-23(14-24)34(39,40)41/h8-10,12-14,25-27,29,43-44,47H,4-7,11,15-16H2,1-3H3/b19-10+/t25-,26+,27-,29-/m1/s1. The second-order valence-electron chi connectivity index (χ2n) is 12.8. The number of benzene rings is 2. The van der Waals surface area contributed by atoms with Crippen LogP contribution in [0.25, 0.3) is 6.08 Å². The number of amides is 2. The first kappa shape index (κ1) is 35.7. The number of carbonyl (C=O) groups excluding carboxylic acids is 2. The number of halogens is 6. The Labute approximate surface area is 274 Å². The van der Waals surface area contributed by atoms with Crippen LogP contribution in [0.4, 0.5) is 32.0 Å². The number of imide groups is 1. The number of phenolic OH excluding ortho intramolecular Hbond substituents is 1. The van der Waals surface area contributed by atoms with Crippen LogP contribution < -0.4 is 4.90 Å². The topological polar surface area (TPSA) is 107 Å². The Morgan fingerprint density at radius 2 is 1.56 bits per heavy atom. The highest BCUT2D eigenvalue weighted by Gasteiger charge is 2.58. The van der Waals surface area contributed by atoms with Crippen molar-refractivity contribution >= 4 is 30.7 Å². The molecular weight excluding hydrogens is 643 g/mol. The van der Waals surface area contributed by atoms with E-state index in [1.807, 2.05) is 25.1 Å².